The molecule has 0 fully saturated rings. The maximum absolute atomic E-state index is 8.62. The normalized spacial score (nSPS) is 12.2. The molecular weight excluding hydrogens is 270 g/mol. The first-order valence-corrected chi connectivity index (χ1v) is 7.45. The Kier molecular flexibility index (Phi) is 8.82. The molecule has 21 heavy (non-hydrogen) atoms. The van der Waals surface area contributed by atoms with Crippen LogP contribution in [0.2, 0.25) is 0 Å². The molecule has 1 rings (SSSR count). The van der Waals surface area contributed by atoms with Gasteiger partial charge >= 0.3 is 0 Å². The Balaban J connectivity index is 2.57. The van der Waals surface area contributed by atoms with Gasteiger partial charge in [-0.3, -0.25) is 0 Å². The van der Waals surface area contributed by atoms with Gasteiger partial charge < -0.3 is 24.6 Å². The summed E-state index contributed by atoms with van der Waals surface area (Å²) in [6.07, 6.45) is 1.11. The number of ether oxygens (including phenoxy) is 3. The summed E-state index contributed by atoms with van der Waals surface area (Å²) in [6, 6.07) is 6.24. The lowest BCUT2D eigenvalue weighted by molar-refractivity contribution is 0.0699. The van der Waals surface area contributed by atoms with E-state index in [1.54, 1.807) is 7.11 Å². The maximum Gasteiger partial charge on any atom is 0.161 e. The summed E-state index contributed by atoms with van der Waals surface area (Å²) < 4.78 is 16.2. The Morgan fingerprint density at radius 1 is 1.19 bits per heavy atom. The van der Waals surface area contributed by atoms with Crippen molar-refractivity contribution in [1.29, 1.82) is 0 Å². The lowest BCUT2D eigenvalue weighted by Gasteiger charge is -2.17. The molecule has 1 aromatic rings. The monoisotopic (exact) mass is 297 g/mol. The second kappa shape index (κ2) is 10.4. The van der Waals surface area contributed by atoms with E-state index in [4.69, 9.17) is 19.3 Å². The average molecular weight is 297 g/mol. The summed E-state index contributed by atoms with van der Waals surface area (Å²) in [7, 11) is 1.64. The van der Waals surface area contributed by atoms with Crippen molar-refractivity contribution < 1.29 is 19.3 Å². The summed E-state index contributed by atoms with van der Waals surface area (Å²) >= 11 is 0. The molecule has 1 unspecified atom stereocenters. The first kappa shape index (κ1) is 17.8. The van der Waals surface area contributed by atoms with E-state index in [1.165, 1.54) is 5.56 Å². The third kappa shape index (κ3) is 6.33. The molecule has 0 bridgehead atoms. The van der Waals surface area contributed by atoms with Crippen LogP contribution in [-0.2, 0) is 4.74 Å². The highest BCUT2D eigenvalue weighted by Crippen LogP contribution is 2.30. The van der Waals surface area contributed by atoms with E-state index < -0.39 is 0 Å². The van der Waals surface area contributed by atoms with Gasteiger partial charge in [-0.15, -0.1) is 0 Å². The number of nitrogens with one attached hydrogen (secondary N) is 1. The Hall–Kier alpha value is -1.30. The molecule has 0 radical (unpaired) electrons. The van der Waals surface area contributed by atoms with E-state index in [2.05, 4.69) is 19.2 Å². The van der Waals surface area contributed by atoms with Gasteiger partial charge in [0.15, 0.2) is 11.5 Å². The molecule has 0 heterocycles. The molecule has 0 aliphatic carbocycles. The third-order valence-corrected chi connectivity index (χ3v) is 3.11. The highest BCUT2D eigenvalue weighted by Gasteiger charge is 2.10. The molecule has 1 atom stereocenters. The summed E-state index contributed by atoms with van der Waals surface area (Å²) in [4.78, 5) is 0. The van der Waals surface area contributed by atoms with Crippen LogP contribution in [-0.4, -0.2) is 45.2 Å². The van der Waals surface area contributed by atoms with Crippen LogP contribution in [0.1, 0.15) is 31.9 Å². The molecule has 1 aromatic carbocycles. The third-order valence-electron chi connectivity index (χ3n) is 3.11. The lowest BCUT2D eigenvalue weighted by atomic mass is 10.1. The highest BCUT2D eigenvalue weighted by molar-refractivity contribution is 5.43. The number of aliphatic hydroxyl groups is 1. The van der Waals surface area contributed by atoms with Gasteiger partial charge in [0.25, 0.3) is 0 Å². The van der Waals surface area contributed by atoms with E-state index >= 15 is 0 Å². The second-order valence-corrected chi connectivity index (χ2v) is 4.77. The predicted molar refractivity (Wildman–Crippen MR) is 83.1 cm³/mol. The zero-order valence-electron chi connectivity index (χ0n) is 13.2. The fourth-order valence-corrected chi connectivity index (χ4v) is 1.93. The van der Waals surface area contributed by atoms with Crippen LogP contribution in [0.25, 0.3) is 0 Å². The smallest absolute Gasteiger partial charge is 0.161 e. The van der Waals surface area contributed by atoms with Crippen molar-refractivity contribution in [3.63, 3.8) is 0 Å². The molecule has 5 heteroatoms. The summed E-state index contributed by atoms with van der Waals surface area (Å²) in [5, 5.41) is 12.1. The topological polar surface area (TPSA) is 60.0 Å². The largest absolute Gasteiger partial charge is 0.493 e. The van der Waals surface area contributed by atoms with Crippen molar-refractivity contribution in [1.82, 2.24) is 5.32 Å². The lowest BCUT2D eigenvalue weighted by Crippen LogP contribution is -2.19. The Labute approximate surface area is 127 Å². The van der Waals surface area contributed by atoms with E-state index in [-0.39, 0.29) is 12.6 Å². The first-order chi connectivity index (χ1) is 10.2. The minimum absolute atomic E-state index is 0.0284. The molecule has 0 aliphatic heterocycles. The maximum atomic E-state index is 8.62. The molecule has 0 aliphatic rings. The highest BCUT2D eigenvalue weighted by atomic mass is 16.5. The predicted octanol–water partition coefficient (Wildman–Crippen LogP) is 2.14. The van der Waals surface area contributed by atoms with Gasteiger partial charge in [-0.1, -0.05) is 13.0 Å². The zero-order valence-corrected chi connectivity index (χ0v) is 13.2. The summed E-state index contributed by atoms with van der Waals surface area (Å²) in [6.45, 7) is 6.51. The molecule has 0 saturated carbocycles. The van der Waals surface area contributed by atoms with Gasteiger partial charge in [0.1, 0.15) is 6.61 Å². The van der Waals surface area contributed by atoms with Crippen molar-refractivity contribution in [3.8, 4) is 11.5 Å². The molecule has 0 spiro atoms. The number of rotatable bonds is 11. The molecule has 2 N–H and O–H groups in total. The zero-order chi connectivity index (χ0) is 15.5. The first-order valence-electron chi connectivity index (χ1n) is 7.45. The van der Waals surface area contributed by atoms with Gasteiger partial charge in [-0.25, -0.2) is 0 Å². The van der Waals surface area contributed by atoms with Crippen LogP contribution in [0.4, 0.5) is 0 Å². The standard InChI is InChI=1S/C16H27NO4/c1-4-7-17-13(2)14-5-6-15(16(12-14)19-3)21-11-10-20-9-8-18/h5-6,12-13,17-18H,4,7-11H2,1-3H3. The van der Waals surface area contributed by atoms with Crippen LogP contribution in [0.3, 0.4) is 0 Å². The molecule has 0 saturated heterocycles. The number of hydrogen-bond acceptors (Lipinski definition) is 5. The minimum atomic E-state index is 0.0284. The van der Waals surface area contributed by atoms with Crippen molar-refractivity contribution in [3.05, 3.63) is 23.8 Å². The molecule has 0 aromatic heterocycles. The molecule has 5 nitrogen and oxygen atoms in total. The number of hydrogen-bond donors (Lipinski definition) is 2. The van der Waals surface area contributed by atoms with Gasteiger partial charge in [0.05, 0.1) is 26.9 Å². The number of methoxy groups -OCH3 is 1. The fourth-order valence-electron chi connectivity index (χ4n) is 1.93. The SMILES string of the molecule is CCCNC(C)c1ccc(OCCOCCO)c(OC)c1. The van der Waals surface area contributed by atoms with Crippen LogP contribution in [0.15, 0.2) is 18.2 Å². The molecular formula is C16H27NO4. The number of benzene rings is 1. The summed E-state index contributed by atoms with van der Waals surface area (Å²) in [5.74, 6) is 1.43. The number of aliphatic hydroxyl groups excluding tert-OH is 1. The van der Waals surface area contributed by atoms with E-state index in [9.17, 15) is 0 Å². The van der Waals surface area contributed by atoms with Crippen LogP contribution in [0, 0.1) is 0 Å². The average Bonchev–Trinajstić information content (AvgIpc) is 2.52. The van der Waals surface area contributed by atoms with Gasteiger partial charge in [0.2, 0.25) is 0 Å². The second-order valence-electron chi connectivity index (χ2n) is 4.77. The van der Waals surface area contributed by atoms with Crippen molar-refractivity contribution in [2.24, 2.45) is 0 Å². The van der Waals surface area contributed by atoms with E-state index in [0.717, 1.165) is 18.7 Å². The van der Waals surface area contributed by atoms with Crippen molar-refractivity contribution in [2.45, 2.75) is 26.3 Å². The molecule has 0 amide bonds. The van der Waals surface area contributed by atoms with Crippen LogP contribution >= 0.6 is 0 Å². The van der Waals surface area contributed by atoms with Crippen LogP contribution in [0.5, 0.6) is 11.5 Å². The van der Waals surface area contributed by atoms with Gasteiger partial charge in [-0.05, 0) is 37.6 Å². The van der Waals surface area contributed by atoms with E-state index in [0.29, 0.717) is 25.6 Å². The Bertz CT molecular complexity index is 398. The van der Waals surface area contributed by atoms with Crippen molar-refractivity contribution >= 4 is 0 Å². The van der Waals surface area contributed by atoms with Gasteiger partial charge in [-0.2, -0.15) is 0 Å². The fraction of sp³-hybridized carbons (Fsp3) is 0.625. The quantitative estimate of drug-likeness (QED) is 0.613. The minimum Gasteiger partial charge on any atom is -0.493 e. The van der Waals surface area contributed by atoms with Gasteiger partial charge in [0, 0.05) is 6.04 Å². The Morgan fingerprint density at radius 2 is 2.00 bits per heavy atom. The Morgan fingerprint density at radius 3 is 2.67 bits per heavy atom. The summed E-state index contributed by atoms with van der Waals surface area (Å²) in [5.41, 5.74) is 1.17. The van der Waals surface area contributed by atoms with Crippen molar-refractivity contribution in [2.75, 3.05) is 40.1 Å². The van der Waals surface area contributed by atoms with Crippen LogP contribution < -0.4 is 14.8 Å². The van der Waals surface area contributed by atoms with E-state index in [1.807, 2.05) is 18.2 Å². The molecule has 120 valence electrons.